The quantitative estimate of drug-likeness (QED) is 0.784. The van der Waals surface area contributed by atoms with Crippen molar-refractivity contribution in [1.82, 2.24) is 9.47 Å². The van der Waals surface area contributed by atoms with Gasteiger partial charge in [0.15, 0.2) is 5.17 Å². The van der Waals surface area contributed by atoms with Crippen LogP contribution < -0.4 is 0 Å². The van der Waals surface area contributed by atoms with Crippen molar-refractivity contribution >= 4 is 28.9 Å². The van der Waals surface area contributed by atoms with E-state index < -0.39 is 0 Å². The third kappa shape index (κ3) is 2.42. The Labute approximate surface area is 123 Å². The van der Waals surface area contributed by atoms with Crippen molar-refractivity contribution in [2.45, 2.75) is 31.7 Å². The van der Waals surface area contributed by atoms with Gasteiger partial charge in [-0.1, -0.05) is 12.8 Å². The highest BCUT2D eigenvalue weighted by molar-refractivity contribution is 8.18. The van der Waals surface area contributed by atoms with Crippen LogP contribution in [0.5, 0.6) is 0 Å². The van der Waals surface area contributed by atoms with Gasteiger partial charge >= 0.3 is 0 Å². The molecule has 1 aliphatic carbocycles. The van der Waals surface area contributed by atoms with Gasteiger partial charge in [0, 0.05) is 32.5 Å². The molecule has 0 N–H and O–H groups in total. The molecule has 0 radical (unpaired) electrons. The van der Waals surface area contributed by atoms with Gasteiger partial charge < -0.3 is 4.57 Å². The number of amides is 1. The number of aromatic nitrogens is 1. The molecule has 2 aliphatic rings. The minimum atomic E-state index is 0.0317. The van der Waals surface area contributed by atoms with Crippen molar-refractivity contribution < 1.29 is 4.79 Å². The second kappa shape index (κ2) is 5.48. The normalized spacial score (nSPS) is 24.5. The topological polar surface area (TPSA) is 37.6 Å². The molecule has 0 bridgehead atoms. The Balaban J connectivity index is 1.80. The number of carbonyl (C=O) groups is 1. The molecule has 1 saturated carbocycles. The molecule has 1 aromatic heterocycles. The number of hydrogen-bond donors (Lipinski definition) is 0. The number of likely N-dealkylation sites (N-methyl/N-ethyl adjacent to an activating group) is 1. The number of nitrogens with zero attached hydrogens (tertiary/aromatic N) is 3. The number of rotatable bonds is 2. The van der Waals surface area contributed by atoms with Gasteiger partial charge in [0.05, 0.1) is 4.91 Å². The van der Waals surface area contributed by atoms with Gasteiger partial charge in [-0.25, -0.2) is 0 Å². The molecule has 2 heterocycles. The first-order valence-corrected chi connectivity index (χ1v) is 7.82. The Bertz CT molecular complexity index is 582. The van der Waals surface area contributed by atoms with Crippen molar-refractivity contribution in [3.63, 3.8) is 0 Å². The SMILES string of the molecule is CN=C1S/C(=C/c2ccn(C3CCCC3)c2)C(=O)N1C. The first-order valence-electron chi connectivity index (χ1n) is 7.01. The van der Waals surface area contributed by atoms with Crippen LogP contribution in [0.2, 0.25) is 0 Å². The highest BCUT2D eigenvalue weighted by atomic mass is 32.2. The number of thioether (sulfide) groups is 1. The lowest BCUT2D eigenvalue weighted by Crippen LogP contribution is -2.23. The Kier molecular flexibility index (Phi) is 3.70. The molecule has 0 atom stereocenters. The van der Waals surface area contributed by atoms with E-state index in [1.807, 2.05) is 6.08 Å². The molecule has 2 fully saturated rings. The summed E-state index contributed by atoms with van der Waals surface area (Å²) < 4.78 is 2.29. The molecule has 0 aromatic carbocycles. The lowest BCUT2D eigenvalue weighted by Gasteiger charge is -2.10. The van der Waals surface area contributed by atoms with Gasteiger partial charge in [0.2, 0.25) is 0 Å². The third-order valence-corrected chi connectivity index (χ3v) is 5.13. The van der Waals surface area contributed by atoms with Crippen LogP contribution in [0.4, 0.5) is 0 Å². The maximum Gasteiger partial charge on any atom is 0.266 e. The Morgan fingerprint density at radius 3 is 2.80 bits per heavy atom. The summed E-state index contributed by atoms with van der Waals surface area (Å²) in [5.74, 6) is 0.0317. The summed E-state index contributed by atoms with van der Waals surface area (Å²) in [5.41, 5.74) is 1.10. The van der Waals surface area contributed by atoms with Crippen LogP contribution in [0.1, 0.15) is 37.3 Å². The van der Waals surface area contributed by atoms with E-state index in [1.54, 1.807) is 19.0 Å². The van der Waals surface area contributed by atoms with Gasteiger partial charge in [0.25, 0.3) is 5.91 Å². The first kappa shape index (κ1) is 13.5. The van der Waals surface area contributed by atoms with Crippen LogP contribution in [0.15, 0.2) is 28.4 Å². The first-order chi connectivity index (χ1) is 9.69. The van der Waals surface area contributed by atoms with E-state index in [0.717, 1.165) is 15.6 Å². The fourth-order valence-electron chi connectivity index (χ4n) is 2.85. The maximum absolute atomic E-state index is 12.1. The van der Waals surface area contributed by atoms with Crippen molar-refractivity contribution in [1.29, 1.82) is 0 Å². The smallest absolute Gasteiger partial charge is 0.266 e. The monoisotopic (exact) mass is 289 g/mol. The molecule has 4 nitrogen and oxygen atoms in total. The highest BCUT2D eigenvalue weighted by Crippen LogP contribution is 2.33. The molecule has 0 unspecified atom stereocenters. The lowest BCUT2D eigenvalue weighted by molar-refractivity contribution is -0.121. The van der Waals surface area contributed by atoms with Crippen LogP contribution >= 0.6 is 11.8 Å². The lowest BCUT2D eigenvalue weighted by atomic mass is 10.2. The fourth-order valence-corrected chi connectivity index (χ4v) is 3.77. The zero-order valence-corrected chi connectivity index (χ0v) is 12.7. The largest absolute Gasteiger partial charge is 0.351 e. The summed E-state index contributed by atoms with van der Waals surface area (Å²) in [6, 6.07) is 2.73. The van der Waals surface area contributed by atoms with Crippen molar-refractivity contribution in [3.8, 4) is 0 Å². The van der Waals surface area contributed by atoms with Crippen molar-refractivity contribution in [2.24, 2.45) is 4.99 Å². The third-order valence-electron chi connectivity index (χ3n) is 3.98. The molecule has 3 rings (SSSR count). The fraction of sp³-hybridized carbons (Fsp3) is 0.467. The van der Waals surface area contributed by atoms with E-state index in [4.69, 9.17) is 0 Å². The van der Waals surface area contributed by atoms with Gasteiger partial charge in [-0.2, -0.15) is 0 Å². The zero-order valence-electron chi connectivity index (χ0n) is 11.9. The molecular formula is C15H19N3OS. The molecule has 5 heteroatoms. The van der Waals surface area contributed by atoms with Crippen molar-refractivity contribution in [2.75, 3.05) is 14.1 Å². The Hall–Kier alpha value is -1.49. The molecule has 20 heavy (non-hydrogen) atoms. The van der Waals surface area contributed by atoms with Gasteiger partial charge in [-0.05, 0) is 42.3 Å². The summed E-state index contributed by atoms with van der Waals surface area (Å²) in [6.07, 6.45) is 11.4. The highest BCUT2D eigenvalue weighted by Gasteiger charge is 2.29. The van der Waals surface area contributed by atoms with E-state index >= 15 is 0 Å². The van der Waals surface area contributed by atoms with E-state index in [9.17, 15) is 4.79 Å². The molecular weight excluding hydrogens is 270 g/mol. The van der Waals surface area contributed by atoms with E-state index in [-0.39, 0.29) is 5.91 Å². The van der Waals surface area contributed by atoms with E-state index in [0.29, 0.717) is 6.04 Å². The number of hydrogen-bond acceptors (Lipinski definition) is 3. The van der Waals surface area contributed by atoms with Crippen LogP contribution in [-0.4, -0.2) is 34.6 Å². The predicted molar refractivity (Wildman–Crippen MR) is 83.6 cm³/mol. The molecule has 1 aliphatic heterocycles. The Morgan fingerprint density at radius 2 is 2.15 bits per heavy atom. The minimum Gasteiger partial charge on any atom is -0.351 e. The molecule has 1 aromatic rings. The maximum atomic E-state index is 12.1. The zero-order chi connectivity index (χ0) is 14.1. The van der Waals surface area contributed by atoms with Crippen LogP contribution in [0.25, 0.3) is 6.08 Å². The predicted octanol–water partition coefficient (Wildman–Crippen LogP) is 3.14. The van der Waals surface area contributed by atoms with Crippen LogP contribution in [0.3, 0.4) is 0 Å². The van der Waals surface area contributed by atoms with E-state index in [2.05, 4.69) is 28.0 Å². The van der Waals surface area contributed by atoms with Gasteiger partial charge in [-0.3, -0.25) is 14.7 Å². The Morgan fingerprint density at radius 1 is 1.40 bits per heavy atom. The average molecular weight is 289 g/mol. The average Bonchev–Trinajstić information content (AvgIpc) is 3.15. The minimum absolute atomic E-state index is 0.0317. The van der Waals surface area contributed by atoms with Crippen LogP contribution in [0, 0.1) is 0 Å². The van der Waals surface area contributed by atoms with Crippen LogP contribution in [-0.2, 0) is 4.79 Å². The van der Waals surface area contributed by atoms with Gasteiger partial charge in [0.1, 0.15) is 0 Å². The van der Waals surface area contributed by atoms with Gasteiger partial charge in [-0.15, -0.1) is 0 Å². The number of amidine groups is 1. The summed E-state index contributed by atoms with van der Waals surface area (Å²) >= 11 is 1.44. The second-order valence-electron chi connectivity index (χ2n) is 5.31. The van der Waals surface area contributed by atoms with Crippen molar-refractivity contribution in [3.05, 3.63) is 28.9 Å². The number of carbonyl (C=O) groups excluding carboxylic acids is 1. The second-order valence-corrected chi connectivity index (χ2v) is 6.32. The summed E-state index contributed by atoms with van der Waals surface area (Å²) in [6.45, 7) is 0. The summed E-state index contributed by atoms with van der Waals surface area (Å²) in [4.78, 5) is 18.6. The summed E-state index contributed by atoms with van der Waals surface area (Å²) in [5, 5.41) is 0.761. The standard InChI is InChI=1S/C15H19N3OS/c1-16-15-17(2)14(19)13(20-15)9-11-7-8-18(10-11)12-5-3-4-6-12/h7-10,12H,3-6H2,1-2H3/b13-9+,16-15?. The summed E-state index contributed by atoms with van der Waals surface area (Å²) in [7, 11) is 3.48. The molecule has 0 spiro atoms. The molecule has 1 saturated heterocycles. The molecule has 1 amide bonds. The molecule has 106 valence electrons. The van der Waals surface area contributed by atoms with E-state index in [1.165, 1.54) is 37.4 Å². The number of aliphatic imine (C=N–C) groups is 1.